The average Bonchev–Trinajstić information content (AvgIpc) is 3.27. The first kappa shape index (κ1) is 60.7. The predicted molar refractivity (Wildman–Crippen MR) is 266 cm³/mol. The molecule has 9 nitrogen and oxygen atoms in total. The Bertz CT molecular complexity index is 1220. The van der Waals surface area contributed by atoms with E-state index < -0.39 is 32.5 Å². The highest BCUT2D eigenvalue weighted by Gasteiger charge is 2.26. The van der Waals surface area contributed by atoms with Gasteiger partial charge in [0.25, 0.3) is 0 Å². The molecule has 0 aromatic carbocycles. The van der Waals surface area contributed by atoms with Crippen molar-refractivity contribution in [3.05, 3.63) is 60.8 Å². The van der Waals surface area contributed by atoms with Crippen molar-refractivity contribution in [3.8, 4) is 0 Å². The normalized spacial score (nSPS) is 13.7. The summed E-state index contributed by atoms with van der Waals surface area (Å²) in [6.45, 7) is 3.61. The third kappa shape index (κ3) is 49.0. The lowest BCUT2D eigenvalue weighted by Crippen LogP contribution is -2.29. The Kier molecular flexibility index (Phi) is 47.4. The number of ether oxygens (including phenoxy) is 2. The summed E-state index contributed by atoms with van der Waals surface area (Å²) >= 11 is 0. The van der Waals surface area contributed by atoms with Gasteiger partial charge in [0.1, 0.15) is 6.61 Å². The lowest BCUT2D eigenvalue weighted by molar-refractivity contribution is -0.161. The van der Waals surface area contributed by atoms with Gasteiger partial charge in [-0.3, -0.25) is 18.6 Å². The topological polar surface area (TPSA) is 134 Å². The van der Waals surface area contributed by atoms with Crippen LogP contribution in [0.3, 0.4) is 0 Å². The fraction of sp³-hybridized carbons (Fsp3) is 0.774. The van der Waals surface area contributed by atoms with Crippen molar-refractivity contribution in [2.75, 3.05) is 26.4 Å². The SMILES string of the molecule is CC/C=C/C/C=C/C/C=C/C/C=C/C/C=C/CCCCCC(=O)OC[C@H](COP(=O)(O)OCCN)OC(=O)CCCCCCCCCCCCCCCCCCCCCCCCC. The second kappa shape index (κ2) is 49.2. The van der Waals surface area contributed by atoms with Crippen LogP contribution in [0.4, 0.5) is 0 Å². The van der Waals surface area contributed by atoms with Gasteiger partial charge in [-0.25, -0.2) is 4.57 Å². The first-order valence-corrected chi connectivity index (χ1v) is 27.3. The van der Waals surface area contributed by atoms with E-state index in [4.69, 9.17) is 24.3 Å². The third-order valence-electron chi connectivity index (χ3n) is 10.9. The van der Waals surface area contributed by atoms with Gasteiger partial charge in [0.2, 0.25) is 0 Å². The summed E-state index contributed by atoms with van der Waals surface area (Å²) in [4.78, 5) is 35.0. The second-order valence-corrected chi connectivity index (χ2v) is 18.5. The highest BCUT2D eigenvalue weighted by molar-refractivity contribution is 7.47. The molecular formula is C53H96NO8P. The maximum Gasteiger partial charge on any atom is 0.472 e. The number of nitrogens with two attached hydrogens (primary N) is 1. The summed E-state index contributed by atoms with van der Waals surface area (Å²) < 4.78 is 32.9. The van der Waals surface area contributed by atoms with E-state index in [1.807, 2.05) is 0 Å². The Morgan fingerprint density at radius 1 is 0.492 bits per heavy atom. The minimum Gasteiger partial charge on any atom is -0.462 e. The molecule has 63 heavy (non-hydrogen) atoms. The van der Waals surface area contributed by atoms with Crippen molar-refractivity contribution in [3.63, 3.8) is 0 Å². The first-order valence-electron chi connectivity index (χ1n) is 25.8. The molecule has 0 aliphatic heterocycles. The van der Waals surface area contributed by atoms with Crippen molar-refractivity contribution in [2.45, 2.75) is 238 Å². The van der Waals surface area contributed by atoms with Crippen LogP contribution in [0.2, 0.25) is 0 Å². The van der Waals surface area contributed by atoms with Gasteiger partial charge in [-0.2, -0.15) is 0 Å². The molecule has 0 saturated heterocycles. The van der Waals surface area contributed by atoms with Crippen molar-refractivity contribution in [2.24, 2.45) is 5.73 Å². The Labute approximate surface area is 387 Å². The summed E-state index contributed by atoms with van der Waals surface area (Å²) in [7, 11) is -4.39. The molecule has 0 spiro atoms. The van der Waals surface area contributed by atoms with Gasteiger partial charge in [0, 0.05) is 19.4 Å². The van der Waals surface area contributed by atoms with Gasteiger partial charge in [-0.15, -0.1) is 0 Å². The van der Waals surface area contributed by atoms with Crippen molar-refractivity contribution < 1.29 is 37.6 Å². The molecule has 0 amide bonds. The number of rotatable bonds is 48. The predicted octanol–water partition coefficient (Wildman–Crippen LogP) is 15.6. The quantitative estimate of drug-likeness (QED) is 0.0265. The molecule has 2 atom stereocenters. The number of carbonyl (C=O) groups is 2. The van der Waals surface area contributed by atoms with Crippen LogP contribution >= 0.6 is 7.82 Å². The minimum atomic E-state index is -4.39. The Hall–Kier alpha value is -2.29. The van der Waals surface area contributed by atoms with Gasteiger partial charge < -0.3 is 20.1 Å². The van der Waals surface area contributed by atoms with Gasteiger partial charge >= 0.3 is 19.8 Å². The van der Waals surface area contributed by atoms with Gasteiger partial charge in [-0.1, -0.05) is 222 Å². The zero-order valence-corrected chi connectivity index (χ0v) is 41.4. The molecule has 0 aliphatic rings. The standard InChI is InChI=1S/C53H96NO8P/c1-3-5-7-9-11-13-15-17-19-21-23-24-25-26-28-30-32-34-36-38-40-42-44-46-53(56)62-51(50-61-63(57,58)60-48-47-54)49-59-52(55)45-43-41-39-37-35-33-31-29-27-22-20-18-16-14-12-10-8-6-4-2/h6,8,12,14,18,20,27,29,33,35,51H,3-5,7,9-11,13,15-17,19,21-26,28,30-32,34,36-50,54H2,1-2H3,(H,57,58)/b8-6+,14-12+,20-18+,29-27+,35-33+/t51-/m1/s1. The number of hydrogen-bond acceptors (Lipinski definition) is 8. The van der Waals surface area contributed by atoms with E-state index in [-0.39, 0.29) is 32.6 Å². The molecule has 0 heterocycles. The van der Waals surface area contributed by atoms with Crippen molar-refractivity contribution in [1.82, 2.24) is 0 Å². The molecule has 0 radical (unpaired) electrons. The van der Waals surface area contributed by atoms with Gasteiger partial charge in [-0.05, 0) is 57.8 Å². The Morgan fingerprint density at radius 3 is 1.30 bits per heavy atom. The minimum absolute atomic E-state index is 0.0474. The van der Waals surface area contributed by atoms with Crippen LogP contribution < -0.4 is 5.73 Å². The number of carbonyl (C=O) groups excluding carboxylic acids is 2. The van der Waals surface area contributed by atoms with Gasteiger partial charge in [0.15, 0.2) is 6.10 Å². The number of unbranched alkanes of at least 4 members (excludes halogenated alkanes) is 25. The Morgan fingerprint density at radius 2 is 0.873 bits per heavy atom. The van der Waals surface area contributed by atoms with E-state index in [1.165, 1.54) is 122 Å². The molecule has 0 aromatic rings. The molecule has 0 aromatic heterocycles. The number of phosphoric acid groups is 1. The van der Waals surface area contributed by atoms with E-state index in [0.717, 1.165) is 70.6 Å². The second-order valence-electron chi connectivity index (χ2n) is 17.0. The molecule has 1 unspecified atom stereocenters. The van der Waals surface area contributed by atoms with Crippen LogP contribution in [0.15, 0.2) is 60.8 Å². The summed E-state index contributed by atoms with van der Waals surface area (Å²) in [5, 5.41) is 0. The third-order valence-corrected chi connectivity index (χ3v) is 11.9. The lowest BCUT2D eigenvalue weighted by atomic mass is 10.0. The smallest absolute Gasteiger partial charge is 0.462 e. The number of esters is 2. The van der Waals surface area contributed by atoms with E-state index >= 15 is 0 Å². The Balaban J connectivity index is 4.07. The van der Waals surface area contributed by atoms with Crippen LogP contribution in [-0.4, -0.2) is 49.3 Å². The zero-order chi connectivity index (χ0) is 46.0. The fourth-order valence-electron chi connectivity index (χ4n) is 7.13. The number of hydrogen-bond donors (Lipinski definition) is 2. The maximum absolute atomic E-state index is 12.7. The van der Waals surface area contributed by atoms with Crippen LogP contribution in [0.25, 0.3) is 0 Å². The summed E-state index contributed by atoms with van der Waals surface area (Å²) in [6.07, 6.45) is 59.8. The van der Waals surface area contributed by atoms with Crippen LogP contribution in [0.5, 0.6) is 0 Å². The molecule has 0 aliphatic carbocycles. The highest BCUT2D eigenvalue weighted by Crippen LogP contribution is 2.43. The molecule has 10 heteroatoms. The van der Waals surface area contributed by atoms with Crippen LogP contribution in [0.1, 0.15) is 232 Å². The molecule has 0 saturated carbocycles. The molecule has 0 fully saturated rings. The summed E-state index contributed by atoms with van der Waals surface area (Å²) in [5.74, 6) is -0.860. The molecule has 0 rings (SSSR count). The molecule has 3 N–H and O–H groups in total. The van der Waals surface area contributed by atoms with E-state index in [9.17, 15) is 19.0 Å². The zero-order valence-electron chi connectivity index (χ0n) is 40.6. The van der Waals surface area contributed by atoms with Gasteiger partial charge in [0.05, 0.1) is 13.2 Å². The molecular weight excluding hydrogens is 810 g/mol. The first-order chi connectivity index (χ1) is 30.8. The highest BCUT2D eigenvalue weighted by atomic mass is 31.2. The van der Waals surface area contributed by atoms with Crippen molar-refractivity contribution >= 4 is 19.8 Å². The molecule has 366 valence electrons. The average molecular weight is 906 g/mol. The maximum atomic E-state index is 12.7. The van der Waals surface area contributed by atoms with E-state index in [2.05, 4.69) is 74.6 Å². The molecule has 0 bridgehead atoms. The van der Waals surface area contributed by atoms with Crippen LogP contribution in [0, 0.1) is 0 Å². The summed E-state index contributed by atoms with van der Waals surface area (Å²) in [5.41, 5.74) is 5.37. The van der Waals surface area contributed by atoms with E-state index in [1.54, 1.807) is 0 Å². The monoisotopic (exact) mass is 906 g/mol. The fourth-order valence-corrected chi connectivity index (χ4v) is 7.90. The van der Waals surface area contributed by atoms with Crippen molar-refractivity contribution in [1.29, 1.82) is 0 Å². The number of allylic oxidation sites excluding steroid dienone is 10. The number of phosphoric ester groups is 1. The summed E-state index contributed by atoms with van der Waals surface area (Å²) in [6, 6.07) is 0. The van der Waals surface area contributed by atoms with Crippen LogP contribution in [-0.2, 0) is 32.7 Å². The largest absolute Gasteiger partial charge is 0.472 e. The van der Waals surface area contributed by atoms with E-state index in [0.29, 0.717) is 12.8 Å². The lowest BCUT2D eigenvalue weighted by Gasteiger charge is -2.19.